The highest BCUT2D eigenvalue weighted by molar-refractivity contribution is 6.30. The van der Waals surface area contributed by atoms with Crippen LogP contribution < -0.4 is 0 Å². The average molecular weight is 332 g/mol. The van der Waals surface area contributed by atoms with Crippen molar-refractivity contribution in [1.29, 1.82) is 0 Å². The molecule has 0 bridgehead atoms. The van der Waals surface area contributed by atoms with E-state index in [0.29, 0.717) is 5.92 Å². The average Bonchev–Trinajstić information content (AvgIpc) is 2.52. The Morgan fingerprint density at radius 3 is 2.18 bits per heavy atom. The molecular formula is C19H19Cl2N. The maximum Gasteiger partial charge on any atom is 0.0406 e. The fourth-order valence-electron chi connectivity index (χ4n) is 2.97. The Hall–Kier alpha value is -1.28. The summed E-state index contributed by atoms with van der Waals surface area (Å²) >= 11 is 12.0. The number of likely N-dealkylation sites (tertiary alicyclic amines) is 1. The van der Waals surface area contributed by atoms with Gasteiger partial charge in [-0.1, -0.05) is 59.1 Å². The third-order valence-corrected chi connectivity index (χ3v) is 4.72. The number of benzene rings is 2. The molecule has 1 atom stereocenters. The van der Waals surface area contributed by atoms with Gasteiger partial charge in [0, 0.05) is 29.1 Å². The van der Waals surface area contributed by atoms with E-state index in [1.54, 1.807) is 0 Å². The van der Waals surface area contributed by atoms with Crippen LogP contribution in [0.25, 0.3) is 6.08 Å². The van der Waals surface area contributed by atoms with Gasteiger partial charge in [-0.25, -0.2) is 0 Å². The number of likely N-dealkylation sites (N-methyl/N-ethyl adjacent to an activating group) is 1. The molecule has 1 heterocycles. The second-order valence-corrected chi connectivity index (χ2v) is 6.76. The van der Waals surface area contributed by atoms with Gasteiger partial charge >= 0.3 is 0 Å². The maximum atomic E-state index is 6.02. The lowest BCUT2D eigenvalue weighted by Gasteiger charge is -2.33. The summed E-state index contributed by atoms with van der Waals surface area (Å²) in [5.74, 6) is 0.423. The molecule has 0 radical (unpaired) electrons. The van der Waals surface area contributed by atoms with Gasteiger partial charge in [0.2, 0.25) is 0 Å². The van der Waals surface area contributed by atoms with Gasteiger partial charge in [0.15, 0.2) is 0 Å². The molecule has 2 aromatic rings. The van der Waals surface area contributed by atoms with E-state index in [9.17, 15) is 0 Å². The molecule has 0 aromatic heterocycles. The lowest BCUT2D eigenvalue weighted by molar-refractivity contribution is 0.292. The monoisotopic (exact) mass is 331 g/mol. The van der Waals surface area contributed by atoms with Crippen LogP contribution >= 0.6 is 23.2 Å². The third kappa shape index (κ3) is 3.73. The maximum absolute atomic E-state index is 6.02. The SMILES string of the molecule is CN1CCC(=Cc2ccc(Cl)cc2)C(c2ccc(Cl)cc2)C1. The highest BCUT2D eigenvalue weighted by atomic mass is 35.5. The zero-order valence-corrected chi connectivity index (χ0v) is 14.1. The molecule has 0 saturated carbocycles. The molecule has 1 aliphatic heterocycles. The van der Waals surface area contributed by atoms with Crippen molar-refractivity contribution in [3.63, 3.8) is 0 Å². The summed E-state index contributed by atoms with van der Waals surface area (Å²) in [5, 5.41) is 1.57. The third-order valence-electron chi connectivity index (χ3n) is 4.22. The number of halogens is 2. The Balaban J connectivity index is 1.92. The van der Waals surface area contributed by atoms with Crippen molar-refractivity contribution in [1.82, 2.24) is 4.90 Å². The van der Waals surface area contributed by atoms with Crippen LogP contribution in [0.5, 0.6) is 0 Å². The standard InChI is InChI=1S/C19H19Cl2N/c1-22-11-10-16(12-14-2-6-17(20)7-3-14)19(13-22)15-4-8-18(21)9-5-15/h2-9,12,19H,10-11,13H2,1H3. The summed E-state index contributed by atoms with van der Waals surface area (Å²) in [7, 11) is 2.18. The van der Waals surface area contributed by atoms with E-state index in [1.165, 1.54) is 16.7 Å². The van der Waals surface area contributed by atoms with E-state index in [-0.39, 0.29) is 0 Å². The van der Waals surface area contributed by atoms with Gasteiger partial charge in [-0.3, -0.25) is 0 Å². The van der Waals surface area contributed by atoms with Crippen LogP contribution in [-0.4, -0.2) is 25.0 Å². The smallest absolute Gasteiger partial charge is 0.0406 e. The van der Waals surface area contributed by atoms with Gasteiger partial charge in [-0.15, -0.1) is 0 Å². The van der Waals surface area contributed by atoms with Gasteiger partial charge in [-0.2, -0.15) is 0 Å². The summed E-state index contributed by atoms with van der Waals surface area (Å²) in [5.41, 5.74) is 4.02. The fraction of sp³-hybridized carbons (Fsp3) is 0.263. The number of rotatable bonds is 2. The highest BCUT2D eigenvalue weighted by Gasteiger charge is 2.23. The Morgan fingerprint density at radius 1 is 0.955 bits per heavy atom. The Kier molecular flexibility index (Phi) is 4.87. The molecule has 1 unspecified atom stereocenters. The normalized spacial score (nSPS) is 21.2. The van der Waals surface area contributed by atoms with Crippen molar-refractivity contribution in [2.45, 2.75) is 12.3 Å². The first-order valence-electron chi connectivity index (χ1n) is 7.52. The van der Waals surface area contributed by atoms with Crippen LogP contribution in [0.2, 0.25) is 10.0 Å². The van der Waals surface area contributed by atoms with Crippen LogP contribution in [0, 0.1) is 0 Å². The van der Waals surface area contributed by atoms with Crippen molar-refractivity contribution in [3.8, 4) is 0 Å². The Morgan fingerprint density at radius 2 is 1.55 bits per heavy atom. The summed E-state index contributed by atoms with van der Waals surface area (Å²) in [6.45, 7) is 2.14. The van der Waals surface area contributed by atoms with E-state index < -0.39 is 0 Å². The topological polar surface area (TPSA) is 3.24 Å². The van der Waals surface area contributed by atoms with Gasteiger partial charge in [0.1, 0.15) is 0 Å². The second kappa shape index (κ2) is 6.87. The zero-order valence-electron chi connectivity index (χ0n) is 12.6. The molecule has 1 aliphatic rings. The van der Waals surface area contributed by atoms with Crippen molar-refractivity contribution < 1.29 is 0 Å². The van der Waals surface area contributed by atoms with E-state index in [1.807, 2.05) is 24.3 Å². The second-order valence-electron chi connectivity index (χ2n) is 5.89. The quantitative estimate of drug-likeness (QED) is 0.702. The lowest BCUT2D eigenvalue weighted by Crippen LogP contribution is -2.32. The van der Waals surface area contributed by atoms with Crippen LogP contribution in [0.3, 0.4) is 0 Å². The highest BCUT2D eigenvalue weighted by Crippen LogP contribution is 2.33. The molecule has 0 amide bonds. The van der Waals surface area contributed by atoms with Crippen molar-refractivity contribution in [2.24, 2.45) is 0 Å². The summed E-state index contributed by atoms with van der Waals surface area (Å²) in [4.78, 5) is 2.39. The van der Waals surface area contributed by atoms with Crippen molar-refractivity contribution in [2.75, 3.05) is 20.1 Å². The number of piperidine rings is 1. The molecule has 1 nitrogen and oxygen atoms in total. The molecular weight excluding hydrogens is 313 g/mol. The summed E-state index contributed by atoms with van der Waals surface area (Å²) in [6, 6.07) is 16.3. The van der Waals surface area contributed by atoms with Crippen molar-refractivity contribution in [3.05, 3.63) is 75.3 Å². The zero-order chi connectivity index (χ0) is 15.5. The predicted octanol–water partition coefficient (Wildman–Crippen LogP) is 5.50. The molecule has 0 aliphatic carbocycles. The Bertz CT molecular complexity index is 659. The number of hydrogen-bond donors (Lipinski definition) is 0. The molecule has 114 valence electrons. The number of nitrogens with zero attached hydrogens (tertiary/aromatic N) is 1. The van der Waals surface area contributed by atoms with Crippen LogP contribution in [-0.2, 0) is 0 Å². The first-order chi connectivity index (χ1) is 10.6. The molecule has 1 fully saturated rings. The first-order valence-corrected chi connectivity index (χ1v) is 8.27. The summed E-state index contributed by atoms with van der Waals surface area (Å²) < 4.78 is 0. The minimum atomic E-state index is 0.423. The van der Waals surface area contributed by atoms with Crippen molar-refractivity contribution >= 4 is 29.3 Å². The van der Waals surface area contributed by atoms with Gasteiger partial charge in [0.05, 0.1) is 0 Å². The van der Waals surface area contributed by atoms with Gasteiger partial charge in [0.25, 0.3) is 0 Å². The molecule has 0 N–H and O–H groups in total. The largest absolute Gasteiger partial charge is 0.305 e. The molecule has 0 spiro atoms. The minimum absolute atomic E-state index is 0.423. The number of hydrogen-bond acceptors (Lipinski definition) is 1. The molecule has 22 heavy (non-hydrogen) atoms. The van der Waals surface area contributed by atoms with Crippen LogP contribution in [0.1, 0.15) is 23.5 Å². The molecule has 2 aromatic carbocycles. The molecule has 3 rings (SSSR count). The van der Waals surface area contributed by atoms with E-state index in [4.69, 9.17) is 23.2 Å². The minimum Gasteiger partial charge on any atom is -0.305 e. The van der Waals surface area contributed by atoms with Gasteiger partial charge < -0.3 is 4.90 Å². The molecule has 1 saturated heterocycles. The Labute approximate surface area is 142 Å². The molecule has 3 heteroatoms. The van der Waals surface area contributed by atoms with Crippen LogP contribution in [0.15, 0.2) is 54.1 Å². The van der Waals surface area contributed by atoms with E-state index in [2.05, 4.69) is 42.3 Å². The lowest BCUT2D eigenvalue weighted by atomic mass is 9.85. The van der Waals surface area contributed by atoms with E-state index >= 15 is 0 Å². The van der Waals surface area contributed by atoms with Gasteiger partial charge in [-0.05, 0) is 48.9 Å². The first kappa shape index (κ1) is 15.6. The fourth-order valence-corrected chi connectivity index (χ4v) is 3.23. The predicted molar refractivity (Wildman–Crippen MR) is 95.7 cm³/mol. The summed E-state index contributed by atoms with van der Waals surface area (Å²) in [6.07, 6.45) is 3.40. The van der Waals surface area contributed by atoms with Crippen LogP contribution in [0.4, 0.5) is 0 Å². The van der Waals surface area contributed by atoms with E-state index in [0.717, 1.165) is 29.6 Å².